The maximum atomic E-state index is 12.8. The van der Waals surface area contributed by atoms with Crippen LogP contribution in [0.5, 0.6) is 0 Å². The Morgan fingerprint density at radius 2 is 1.81 bits per heavy atom. The predicted molar refractivity (Wildman–Crippen MR) is 107 cm³/mol. The van der Waals surface area contributed by atoms with Gasteiger partial charge >= 0.3 is 0 Å². The normalized spacial score (nSPS) is 21.8. The Labute approximate surface area is 160 Å². The fourth-order valence-electron chi connectivity index (χ4n) is 3.70. The molecule has 2 saturated heterocycles. The number of carbonyl (C=O) groups is 2. The Hall–Kier alpha value is -1.53. The number of benzene rings is 1. The molecule has 3 rings (SSSR count). The summed E-state index contributed by atoms with van der Waals surface area (Å²) in [4.78, 5) is 29.5. The smallest absolute Gasteiger partial charge is 0.251 e. The lowest BCUT2D eigenvalue weighted by Gasteiger charge is -2.35. The summed E-state index contributed by atoms with van der Waals surface area (Å²) in [6, 6.07) is 9.32. The molecule has 0 aromatic heterocycles. The van der Waals surface area contributed by atoms with E-state index in [9.17, 15) is 9.59 Å². The van der Waals surface area contributed by atoms with E-state index in [1.165, 1.54) is 19.3 Å². The first kappa shape index (κ1) is 19.2. The van der Waals surface area contributed by atoms with Crippen LogP contribution in [-0.4, -0.2) is 71.9 Å². The van der Waals surface area contributed by atoms with E-state index in [-0.39, 0.29) is 24.4 Å². The van der Waals surface area contributed by atoms with Crippen molar-refractivity contribution >= 4 is 23.6 Å². The van der Waals surface area contributed by atoms with Gasteiger partial charge in [-0.15, -0.1) is 0 Å². The maximum absolute atomic E-state index is 12.8. The van der Waals surface area contributed by atoms with E-state index in [4.69, 9.17) is 0 Å². The predicted octanol–water partition coefficient (Wildman–Crippen LogP) is 2.24. The van der Waals surface area contributed by atoms with E-state index < -0.39 is 0 Å². The number of nitrogens with zero attached hydrogens (tertiary/aromatic N) is 2. The van der Waals surface area contributed by atoms with Crippen molar-refractivity contribution in [3.8, 4) is 0 Å². The van der Waals surface area contributed by atoms with Crippen molar-refractivity contribution in [2.24, 2.45) is 0 Å². The van der Waals surface area contributed by atoms with Gasteiger partial charge in [0.1, 0.15) is 0 Å². The van der Waals surface area contributed by atoms with Gasteiger partial charge in [0.2, 0.25) is 5.91 Å². The zero-order valence-electron chi connectivity index (χ0n) is 15.4. The molecule has 1 unspecified atom stereocenters. The van der Waals surface area contributed by atoms with Crippen LogP contribution >= 0.6 is 11.8 Å². The second-order valence-corrected chi connectivity index (χ2v) is 8.23. The van der Waals surface area contributed by atoms with Crippen molar-refractivity contribution in [3.63, 3.8) is 0 Å². The van der Waals surface area contributed by atoms with Crippen LogP contribution in [0, 0.1) is 0 Å². The summed E-state index contributed by atoms with van der Waals surface area (Å²) < 4.78 is 0. The van der Waals surface area contributed by atoms with Gasteiger partial charge in [-0.2, -0.15) is 11.8 Å². The SMILES string of the molecule is O=C(NCC(=O)N1CCCSCC1CN1CCCCC1)c1ccccc1. The standard InChI is InChI=1S/C20H29N3O2S/c24-19(14-21-20(25)17-8-3-1-4-9-17)23-12-7-13-26-16-18(23)15-22-10-5-2-6-11-22/h1,3-4,8-9,18H,2,5-7,10-16H2,(H,21,25). The molecule has 2 aliphatic heterocycles. The zero-order valence-corrected chi connectivity index (χ0v) is 16.2. The van der Waals surface area contributed by atoms with Crippen molar-refractivity contribution < 1.29 is 9.59 Å². The number of amides is 2. The van der Waals surface area contributed by atoms with Crippen LogP contribution in [0.3, 0.4) is 0 Å². The van der Waals surface area contributed by atoms with Gasteiger partial charge in [0.15, 0.2) is 0 Å². The average Bonchev–Trinajstić information content (AvgIpc) is 2.93. The van der Waals surface area contributed by atoms with E-state index in [1.807, 2.05) is 34.9 Å². The van der Waals surface area contributed by atoms with Crippen molar-refractivity contribution in [1.82, 2.24) is 15.1 Å². The molecule has 26 heavy (non-hydrogen) atoms. The molecule has 1 atom stereocenters. The van der Waals surface area contributed by atoms with Gasteiger partial charge in [0.25, 0.3) is 5.91 Å². The topological polar surface area (TPSA) is 52.7 Å². The van der Waals surface area contributed by atoms with Gasteiger partial charge in [-0.25, -0.2) is 0 Å². The Kier molecular flexibility index (Phi) is 7.38. The molecule has 6 heteroatoms. The first-order valence-corrected chi connectivity index (χ1v) is 10.8. The van der Waals surface area contributed by atoms with Crippen molar-refractivity contribution in [2.75, 3.05) is 44.2 Å². The molecule has 0 bridgehead atoms. The average molecular weight is 376 g/mol. The minimum Gasteiger partial charge on any atom is -0.343 e. The molecule has 0 saturated carbocycles. The number of thioether (sulfide) groups is 1. The Bertz CT molecular complexity index is 590. The largest absolute Gasteiger partial charge is 0.343 e. The molecular formula is C20H29N3O2S. The van der Waals surface area contributed by atoms with Gasteiger partial charge < -0.3 is 15.1 Å². The molecular weight excluding hydrogens is 346 g/mol. The minimum absolute atomic E-state index is 0.0405. The summed E-state index contributed by atoms with van der Waals surface area (Å²) >= 11 is 1.95. The summed E-state index contributed by atoms with van der Waals surface area (Å²) in [7, 11) is 0. The molecule has 5 nitrogen and oxygen atoms in total. The molecule has 1 aromatic rings. The summed E-state index contributed by atoms with van der Waals surface area (Å²) in [5.41, 5.74) is 0.594. The molecule has 2 fully saturated rings. The minimum atomic E-state index is -0.185. The van der Waals surface area contributed by atoms with Crippen molar-refractivity contribution in [2.45, 2.75) is 31.7 Å². The molecule has 2 amide bonds. The van der Waals surface area contributed by atoms with Gasteiger partial charge in [0, 0.05) is 24.4 Å². The van der Waals surface area contributed by atoms with E-state index in [0.29, 0.717) is 5.56 Å². The summed E-state index contributed by atoms with van der Waals surface area (Å²) in [5.74, 6) is 1.96. The number of rotatable bonds is 5. The Morgan fingerprint density at radius 1 is 1.04 bits per heavy atom. The summed E-state index contributed by atoms with van der Waals surface area (Å²) in [6.45, 7) is 4.13. The highest BCUT2D eigenvalue weighted by Crippen LogP contribution is 2.19. The quantitative estimate of drug-likeness (QED) is 0.858. The zero-order chi connectivity index (χ0) is 18.2. The fourth-order valence-corrected chi connectivity index (χ4v) is 4.75. The van der Waals surface area contributed by atoms with E-state index >= 15 is 0 Å². The number of likely N-dealkylation sites (tertiary alicyclic amines) is 1. The van der Waals surface area contributed by atoms with E-state index in [1.54, 1.807) is 12.1 Å². The number of hydrogen-bond donors (Lipinski definition) is 1. The molecule has 0 aliphatic carbocycles. The third-order valence-corrected chi connectivity index (χ3v) is 6.31. The summed E-state index contributed by atoms with van der Waals surface area (Å²) in [5, 5.41) is 2.79. The van der Waals surface area contributed by atoms with Crippen LogP contribution in [-0.2, 0) is 4.79 Å². The third-order valence-electron chi connectivity index (χ3n) is 5.11. The molecule has 142 valence electrons. The monoisotopic (exact) mass is 375 g/mol. The first-order valence-electron chi connectivity index (χ1n) is 9.67. The number of carbonyl (C=O) groups excluding carboxylic acids is 2. The lowest BCUT2D eigenvalue weighted by Crippen LogP contribution is -2.51. The number of nitrogens with one attached hydrogen (secondary N) is 1. The molecule has 0 radical (unpaired) electrons. The van der Waals surface area contributed by atoms with Crippen LogP contribution < -0.4 is 5.32 Å². The van der Waals surface area contributed by atoms with Crippen LogP contribution in [0.15, 0.2) is 30.3 Å². The van der Waals surface area contributed by atoms with E-state index in [2.05, 4.69) is 10.2 Å². The van der Waals surface area contributed by atoms with Crippen LogP contribution in [0.25, 0.3) is 0 Å². The molecule has 0 spiro atoms. The molecule has 1 N–H and O–H groups in total. The van der Waals surface area contributed by atoms with E-state index in [0.717, 1.165) is 44.1 Å². The Balaban J connectivity index is 1.56. The molecule has 2 aliphatic rings. The van der Waals surface area contributed by atoms with Crippen LogP contribution in [0.2, 0.25) is 0 Å². The second-order valence-electron chi connectivity index (χ2n) is 7.08. The first-order chi connectivity index (χ1) is 12.7. The van der Waals surface area contributed by atoms with Crippen LogP contribution in [0.1, 0.15) is 36.0 Å². The van der Waals surface area contributed by atoms with Gasteiger partial charge in [0.05, 0.1) is 12.6 Å². The van der Waals surface area contributed by atoms with Crippen molar-refractivity contribution in [3.05, 3.63) is 35.9 Å². The van der Waals surface area contributed by atoms with Crippen LogP contribution in [0.4, 0.5) is 0 Å². The molecule has 2 heterocycles. The lowest BCUT2D eigenvalue weighted by atomic mass is 10.1. The summed E-state index contributed by atoms with van der Waals surface area (Å²) in [6.07, 6.45) is 4.88. The Morgan fingerprint density at radius 3 is 2.58 bits per heavy atom. The maximum Gasteiger partial charge on any atom is 0.251 e. The fraction of sp³-hybridized carbons (Fsp3) is 0.600. The van der Waals surface area contributed by atoms with Gasteiger partial charge in [-0.05, 0) is 50.2 Å². The highest BCUT2D eigenvalue weighted by molar-refractivity contribution is 7.99. The van der Waals surface area contributed by atoms with Gasteiger partial charge in [-0.1, -0.05) is 24.6 Å². The number of piperidine rings is 1. The highest BCUT2D eigenvalue weighted by Gasteiger charge is 2.28. The van der Waals surface area contributed by atoms with Gasteiger partial charge in [-0.3, -0.25) is 9.59 Å². The second kappa shape index (κ2) is 9.97. The van der Waals surface area contributed by atoms with Crippen molar-refractivity contribution in [1.29, 1.82) is 0 Å². The molecule has 1 aromatic carbocycles. The lowest BCUT2D eigenvalue weighted by molar-refractivity contribution is -0.132. The third kappa shape index (κ3) is 5.48. The number of hydrogen-bond acceptors (Lipinski definition) is 4. The highest BCUT2D eigenvalue weighted by atomic mass is 32.2.